The van der Waals surface area contributed by atoms with Crippen LogP contribution < -0.4 is 10.6 Å². The molecule has 0 saturated carbocycles. The third-order valence-electron chi connectivity index (χ3n) is 4.21. The highest BCUT2D eigenvalue weighted by atomic mass is 16.2. The van der Waals surface area contributed by atoms with Gasteiger partial charge in [-0.25, -0.2) is 0 Å². The first-order valence-corrected chi connectivity index (χ1v) is 6.78. The van der Waals surface area contributed by atoms with Gasteiger partial charge in [-0.2, -0.15) is 0 Å². The van der Waals surface area contributed by atoms with Crippen LogP contribution in [0.3, 0.4) is 0 Å². The maximum atomic E-state index is 12.4. The van der Waals surface area contributed by atoms with Crippen molar-refractivity contribution in [1.82, 2.24) is 15.5 Å². The van der Waals surface area contributed by atoms with E-state index in [-0.39, 0.29) is 17.7 Å². The first kappa shape index (κ1) is 13.3. The molecule has 0 aromatic heterocycles. The molecule has 5 nitrogen and oxygen atoms in total. The highest BCUT2D eigenvalue weighted by Crippen LogP contribution is 2.31. The summed E-state index contributed by atoms with van der Waals surface area (Å²) in [4.78, 5) is 26.0. The van der Waals surface area contributed by atoms with E-state index < -0.39 is 5.41 Å². The third kappa shape index (κ3) is 2.51. The fourth-order valence-corrected chi connectivity index (χ4v) is 2.96. The Labute approximate surface area is 108 Å². The van der Waals surface area contributed by atoms with Crippen molar-refractivity contribution in [2.24, 2.45) is 11.3 Å². The van der Waals surface area contributed by atoms with E-state index in [0.29, 0.717) is 13.1 Å². The summed E-state index contributed by atoms with van der Waals surface area (Å²) >= 11 is 0. The van der Waals surface area contributed by atoms with E-state index in [1.165, 1.54) is 0 Å². The summed E-state index contributed by atoms with van der Waals surface area (Å²) in [6.45, 7) is 5.01. The van der Waals surface area contributed by atoms with Gasteiger partial charge in [0, 0.05) is 26.7 Å². The molecule has 0 aromatic rings. The highest BCUT2D eigenvalue weighted by Gasteiger charge is 2.42. The van der Waals surface area contributed by atoms with Crippen molar-refractivity contribution in [3.8, 4) is 0 Å². The van der Waals surface area contributed by atoms with Gasteiger partial charge >= 0.3 is 0 Å². The summed E-state index contributed by atoms with van der Waals surface area (Å²) in [6.07, 6.45) is 2.80. The molecule has 2 heterocycles. The third-order valence-corrected chi connectivity index (χ3v) is 4.21. The van der Waals surface area contributed by atoms with Crippen molar-refractivity contribution in [3.05, 3.63) is 0 Å². The minimum absolute atomic E-state index is 0.0413. The molecule has 0 radical (unpaired) electrons. The number of hydrogen-bond acceptors (Lipinski definition) is 3. The quantitative estimate of drug-likeness (QED) is 0.726. The SMILES string of the molecule is CNC(=O)C1(C)CCN(C(=O)[C@@H]2CCCNC2)C1. The Balaban J connectivity index is 1.95. The number of carbonyl (C=O) groups excluding carboxylic acids is 2. The number of rotatable bonds is 2. The summed E-state index contributed by atoms with van der Waals surface area (Å²) in [5, 5.41) is 5.96. The second-order valence-corrected chi connectivity index (χ2v) is 5.69. The molecule has 2 aliphatic rings. The van der Waals surface area contributed by atoms with Gasteiger partial charge < -0.3 is 15.5 Å². The van der Waals surface area contributed by atoms with Gasteiger partial charge in [-0.3, -0.25) is 9.59 Å². The van der Waals surface area contributed by atoms with Crippen molar-refractivity contribution in [3.63, 3.8) is 0 Å². The molecule has 2 atom stereocenters. The molecular formula is C13H23N3O2. The summed E-state index contributed by atoms with van der Waals surface area (Å²) < 4.78 is 0. The average molecular weight is 253 g/mol. The number of likely N-dealkylation sites (tertiary alicyclic amines) is 1. The van der Waals surface area contributed by atoms with Crippen molar-refractivity contribution in [2.75, 3.05) is 33.2 Å². The monoisotopic (exact) mass is 253 g/mol. The van der Waals surface area contributed by atoms with Crippen LogP contribution in [0.15, 0.2) is 0 Å². The van der Waals surface area contributed by atoms with E-state index in [1.807, 2.05) is 11.8 Å². The normalized spacial score (nSPS) is 32.3. The van der Waals surface area contributed by atoms with Gasteiger partial charge in [0.05, 0.1) is 11.3 Å². The zero-order valence-electron chi connectivity index (χ0n) is 11.3. The van der Waals surface area contributed by atoms with Gasteiger partial charge in [0.25, 0.3) is 0 Å². The molecule has 5 heteroatoms. The maximum absolute atomic E-state index is 12.4. The first-order valence-electron chi connectivity index (χ1n) is 6.78. The molecule has 0 aromatic carbocycles. The molecule has 1 unspecified atom stereocenters. The van der Waals surface area contributed by atoms with Gasteiger partial charge in [0.2, 0.25) is 11.8 Å². The lowest BCUT2D eigenvalue weighted by atomic mass is 9.89. The molecule has 2 N–H and O–H groups in total. The van der Waals surface area contributed by atoms with E-state index in [2.05, 4.69) is 10.6 Å². The van der Waals surface area contributed by atoms with E-state index in [1.54, 1.807) is 7.05 Å². The zero-order valence-corrected chi connectivity index (χ0v) is 11.3. The Morgan fingerprint density at radius 3 is 2.83 bits per heavy atom. The molecule has 0 spiro atoms. The van der Waals surface area contributed by atoms with E-state index in [9.17, 15) is 9.59 Å². The van der Waals surface area contributed by atoms with Crippen LogP contribution in [0, 0.1) is 11.3 Å². The molecule has 0 aliphatic carbocycles. The smallest absolute Gasteiger partial charge is 0.227 e. The Morgan fingerprint density at radius 2 is 2.22 bits per heavy atom. The fourth-order valence-electron chi connectivity index (χ4n) is 2.96. The minimum atomic E-state index is -0.410. The van der Waals surface area contributed by atoms with Crippen molar-refractivity contribution >= 4 is 11.8 Å². The van der Waals surface area contributed by atoms with Crippen LogP contribution in [0.4, 0.5) is 0 Å². The maximum Gasteiger partial charge on any atom is 0.227 e. The fraction of sp³-hybridized carbons (Fsp3) is 0.846. The summed E-state index contributed by atoms with van der Waals surface area (Å²) in [5.41, 5.74) is -0.410. The molecule has 2 rings (SSSR count). The molecule has 0 bridgehead atoms. The molecule has 2 amide bonds. The Kier molecular flexibility index (Phi) is 3.90. The number of hydrogen-bond donors (Lipinski definition) is 2. The lowest BCUT2D eigenvalue weighted by Crippen LogP contribution is -2.44. The van der Waals surface area contributed by atoms with Gasteiger partial charge in [-0.15, -0.1) is 0 Å². The number of amides is 2. The molecule has 18 heavy (non-hydrogen) atoms. The van der Waals surface area contributed by atoms with Crippen molar-refractivity contribution < 1.29 is 9.59 Å². The van der Waals surface area contributed by atoms with E-state index in [4.69, 9.17) is 0 Å². The Morgan fingerprint density at radius 1 is 1.44 bits per heavy atom. The topological polar surface area (TPSA) is 61.4 Å². The van der Waals surface area contributed by atoms with Crippen LogP contribution in [0.2, 0.25) is 0 Å². The zero-order chi connectivity index (χ0) is 13.2. The largest absolute Gasteiger partial charge is 0.359 e. The Hall–Kier alpha value is -1.10. The lowest BCUT2D eigenvalue weighted by molar-refractivity contribution is -0.136. The summed E-state index contributed by atoms with van der Waals surface area (Å²) in [6, 6.07) is 0. The van der Waals surface area contributed by atoms with Crippen LogP contribution in [-0.4, -0.2) is 49.9 Å². The van der Waals surface area contributed by atoms with Gasteiger partial charge in [0.15, 0.2) is 0 Å². The summed E-state index contributed by atoms with van der Waals surface area (Å²) in [5.74, 6) is 0.361. The first-order chi connectivity index (χ1) is 8.57. The Bertz CT molecular complexity index is 339. The van der Waals surface area contributed by atoms with E-state index >= 15 is 0 Å². The minimum Gasteiger partial charge on any atom is -0.359 e. The highest BCUT2D eigenvalue weighted by molar-refractivity contribution is 5.85. The van der Waals surface area contributed by atoms with Crippen LogP contribution >= 0.6 is 0 Å². The van der Waals surface area contributed by atoms with Crippen molar-refractivity contribution in [2.45, 2.75) is 26.2 Å². The number of nitrogens with one attached hydrogen (secondary N) is 2. The van der Waals surface area contributed by atoms with Crippen LogP contribution in [0.1, 0.15) is 26.2 Å². The van der Waals surface area contributed by atoms with Crippen molar-refractivity contribution in [1.29, 1.82) is 0 Å². The molecule has 2 saturated heterocycles. The second-order valence-electron chi connectivity index (χ2n) is 5.69. The summed E-state index contributed by atoms with van der Waals surface area (Å²) in [7, 11) is 1.66. The van der Waals surface area contributed by atoms with Gasteiger partial charge in [0.1, 0.15) is 0 Å². The van der Waals surface area contributed by atoms with Gasteiger partial charge in [-0.1, -0.05) is 0 Å². The number of carbonyl (C=O) groups is 2. The van der Waals surface area contributed by atoms with Gasteiger partial charge in [-0.05, 0) is 32.7 Å². The lowest BCUT2D eigenvalue weighted by Gasteiger charge is -2.28. The average Bonchev–Trinajstić information content (AvgIpc) is 2.82. The van der Waals surface area contributed by atoms with Crippen LogP contribution in [0.25, 0.3) is 0 Å². The predicted octanol–water partition coefficient (Wildman–Crippen LogP) is -0.0294. The van der Waals surface area contributed by atoms with Crippen LogP contribution in [-0.2, 0) is 9.59 Å². The molecule has 2 aliphatic heterocycles. The molecular weight excluding hydrogens is 230 g/mol. The predicted molar refractivity (Wildman–Crippen MR) is 69.0 cm³/mol. The number of nitrogens with zero attached hydrogens (tertiary/aromatic N) is 1. The molecule has 102 valence electrons. The standard InChI is InChI=1S/C13H23N3O2/c1-13(12(18)14-2)5-7-16(9-13)11(17)10-4-3-6-15-8-10/h10,15H,3-9H2,1-2H3,(H,14,18)/t10-,13?/m1/s1. The number of piperidine rings is 1. The second kappa shape index (κ2) is 5.26. The molecule has 2 fully saturated rings. The van der Waals surface area contributed by atoms with Crippen LogP contribution in [0.5, 0.6) is 0 Å². The van der Waals surface area contributed by atoms with E-state index in [0.717, 1.165) is 32.4 Å².